The molecule has 0 bridgehead atoms. The fraction of sp³-hybridized carbons (Fsp3) is 1.00. The van der Waals surface area contributed by atoms with E-state index in [2.05, 4.69) is 34.6 Å². The summed E-state index contributed by atoms with van der Waals surface area (Å²) in [6.07, 6.45) is 41.0. The molecule has 218 valence electrons. The van der Waals surface area contributed by atoms with E-state index < -0.39 is 0 Å². The molecule has 36 heavy (non-hydrogen) atoms. The first-order valence-electron chi connectivity index (χ1n) is 17.6. The molecule has 0 saturated heterocycles. The molecule has 0 rings (SSSR count). The average molecular weight is 507 g/mol. The molecule has 0 spiro atoms. The van der Waals surface area contributed by atoms with Gasteiger partial charge in [0.2, 0.25) is 0 Å². The summed E-state index contributed by atoms with van der Waals surface area (Å²) in [6, 6.07) is 0. The van der Waals surface area contributed by atoms with Crippen molar-refractivity contribution in [2.24, 2.45) is 17.8 Å². The second kappa shape index (κ2) is 29.6. The molecule has 0 aliphatic rings. The standard InChI is InChI=1S/C36H74/c1-6-8-10-11-12-18-21-24-29-35(4)30-25-22-19-16-14-13-15-17-20-23-26-31-36(5)33-27-32-34(3)28-9-7-2/h34-36H,6-33H2,1-5H3. The highest BCUT2D eigenvalue weighted by molar-refractivity contribution is 4.59. The van der Waals surface area contributed by atoms with Crippen LogP contribution in [-0.4, -0.2) is 0 Å². The molecule has 3 atom stereocenters. The van der Waals surface area contributed by atoms with E-state index >= 15 is 0 Å². The molecule has 0 saturated carbocycles. The fourth-order valence-electron chi connectivity index (χ4n) is 6.00. The van der Waals surface area contributed by atoms with Gasteiger partial charge in [-0.05, 0) is 17.8 Å². The maximum atomic E-state index is 2.50. The Balaban J connectivity index is 3.25. The molecule has 0 aromatic heterocycles. The van der Waals surface area contributed by atoms with Crippen LogP contribution in [0.25, 0.3) is 0 Å². The summed E-state index contributed by atoms with van der Waals surface area (Å²) in [5.41, 5.74) is 0. The van der Waals surface area contributed by atoms with E-state index in [4.69, 9.17) is 0 Å². The van der Waals surface area contributed by atoms with Gasteiger partial charge in [0.25, 0.3) is 0 Å². The van der Waals surface area contributed by atoms with Crippen molar-refractivity contribution in [2.75, 3.05) is 0 Å². The largest absolute Gasteiger partial charge is 0.0654 e. The first-order chi connectivity index (χ1) is 17.6. The molecular weight excluding hydrogens is 432 g/mol. The normalized spacial score (nSPS) is 14.2. The zero-order chi connectivity index (χ0) is 26.5. The average Bonchev–Trinajstić information content (AvgIpc) is 2.87. The Hall–Kier alpha value is 0. The van der Waals surface area contributed by atoms with Crippen LogP contribution < -0.4 is 0 Å². The van der Waals surface area contributed by atoms with Gasteiger partial charge in [0.15, 0.2) is 0 Å². The molecule has 0 N–H and O–H groups in total. The Morgan fingerprint density at radius 1 is 0.250 bits per heavy atom. The predicted octanol–water partition coefficient (Wildman–Crippen LogP) is 13.9. The van der Waals surface area contributed by atoms with Crippen LogP contribution in [0, 0.1) is 17.8 Å². The van der Waals surface area contributed by atoms with Crippen molar-refractivity contribution in [3.8, 4) is 0 Å². The Bertz CT molecular complexity index is 385. The molecule has 0 aliphatic heterocycles. The topological polar surface area (TPSA) is 0 Å². The second-order valence-corrected chi connectivity index (χ2v) is 13.1. The second-order valence-electron chi connectivity index (χ2n) is 13.1. The van der Waals surface area contributed by atoms with Gasteiger partial charge in [0.05, 0.1) is 0 Å². The minimum absolute atomic E-state index is 0.954. The van der Waals surface area contributed by atoms with Crippen LogP contribution in [0.3, 0.4) is 0 Å². The van der Waals surface area contributed by atoms with E-state index in [9.17, 15) is 0 Å². The Morgan fingerprint density at radius 3 is 0.778 bits per heavy atom. The molecule has 0 nitrogen and oxygen atoms in total. The Labute approximate surface area is 232 Å². The minimum atomic E-state index is 0.954. The molecule has 0 aromatic rings. The summed E-state index contributed by atoms with van der Waals surface area (Å²) in [7, 11) is 0. The Kier molecular flexibility index (Phi) is 29.6. The molecule has 0 heterocycles. The highest BCUT2D eigenvalue weighted by Gasteiger charge is 2.06. The minimum Gasteiger partial charge on any atom is -0.0654 e. The maximum absolute atomic E-state index is 2.50. The van der Waals surface area contributed by atoms with Gasteiger partial charge in [-0.25, -0.2) is 0 Å². The van der Waals surface area contributed by atoms with Crippen molar-refractivity contribution in [3.05, 3.63) is 0 Å². The van der Waals surface area contributed by atoms with Gasteiger partial charge < -0.3 is 0 Å². The summed E-state index contributed by atoms with van der Waals surface area (Å²) < 4.78 is 0. The van der Waals surface area contributed by atoms with E-state index in [1.54, 1.807) is 0 Å². The van der Waals surface area contributed by atoms with Crippen LogP contribution in [0.2, 0.25) is 0 Å². The summed E-state index contributed by atoms with van der Waals surface area (Å²) in [6.45, 7) is 12.1. The van der Waals surface area contributed by atoms with Crippen LogP contribution in [-0.2, 0) is 0 Å². The number of hydrogen-bond acceptors (Lipinski definition) is 0. The molecule has 0 fully saturated rings. The third kappa shape index (κ3) is 28.6. The van der Waals surface area contributed by atoms with Crippen molar-refractivity contribution in [1.29, 1.82) is 0 Å². The van der Waals surface area contributed by atoms with Crippen LogP contribution in [0.4, 0.5) is 0 Å². The van der Waals surface area contributed by atoms with Gasteiger partial charge in [0, 0.05) is 0 Å². The van der Waals surface area contributed by atoms with Crippen molar-refractivity contribution < 1.29 is 0 Å². The monoisotopic (exact) mass is 507 g/mol. The lowest BCUT2D eigenvalue weighted by atomic mass is 9.92. The summed E-state index contributed by atoms with van der Waals surface area (Å²) in [5.74, 6) is 2.87. The molecule has 0 amide bonds. The summed E-state index contributed by atoms with van der Waals surface area (Å²) >= 11 is 0. The van der Waals surface area contributed by atoms with E-state index in [1.165, 1.54) is 180 Å². The van der Waals surface area contributed by atoms with Crippen molar-refractivity contribution >= 4 is 0 Å². The van der Waals surface area contributed by atoms with Crippen LogP contribution in [0.5, 0.6) is 0 Å². The van der Waals surface area contributed by atoms with Crippen LogP contribution in [0.15, 0.2) is 0 Å². The molecule has 0 radical (unpaired) electrons. The highest BCUT2D eigenvalue weighted by atomic mass is 14.1. The van der Waals surface area contributed by atoms with Crippen LogP contribution >= 0.6 is 0 Å². The SMILES string of the molecule is CCCCCCCCCCC(C)CCCCCCCCCCCCCC(C)CCCC(C)CCCC. The molecule has 0 aliphatic carbocycles. The number of unbranched alkanes of at least 4 members (excludes halogenated alkanes) is 18. The third-order valence-electron chi connectivity index (χ3n) is 8.89. The lowest BCUT2D eigenvalue weighted by Gasteiger charge is -2.14. The molecule has 3 unspecified atom stereocenters. The lowest BCUT2D eigenvalue weighted by Crippen LogP contribution is -1.99. The zero-order valence-corrected chi connectivity index (χ0v) is 26.5. The first kappa shape index (κ1) is 36.0. The lowest BCUT2D eigenvalue weighted by molar-refractivity contribution is 0.394. The number of hydrogen-bond donors (Lipinski definition) is 0. The van der Waals surface area contributed by atoms with Crippen molar-refractivity contribution in [3.63, 3.8) is 0 Å². The zero-order valence-electron chi connectivity index (χ0n) is 26.5. The van der Waals surface area contributed by atoms with E-state index in [1.807, 2.05) is 0 Å². The van der Waals surface area contributed by atoms with Crippen molar-refractivity contribution in [1.82, 2.24) is 0 Å². The van der Waals surface area contributed by atoms with E-state index in [0.717, 1.165) is 17.8 Å². The maximum Gasteiger partial charge on any atom is -0.0443 e. The fourth-order valence-corrected chi connectivity index (χ4v) is 6.00. The first-order valence-corrected chi connectivity index (χ1v) is 17.6. The highest BCUT2D eigenvalue weighted by Crippen LogP contribution is 2.22. The Morgan fingerprint density at radius 2 is 0.472 bits per heavy atom. The van der Waals surface area contributed by atoms with Gasteiger partial charge in [-0.3, -0.25) is 0 Å². The van der Waals surface area contributed by atoms with Crippen molar-refractivity contribution in [2.45, 2.75) is 214 Å². The van der Waals surface area contributed by atoms with E-state index in [-0.39, 0.29) is 0 Å². The summed E-state index contributed by atoms with van der Waals surface area (Å²) in [5, 5.41) is 0. The van der Waals surface area contributed by atoms with Gasteiger partial charge in [-0.1, -0.05) is 214 Å². The smallest absolute Gasteiger partial charge is 0.0443 e. The van der Waals surface area contributed by atoms with Gasteiger partial charge >= 0.3 is 0 Å². The van der Waals surface area contributed by atoms with Gasteiger partial charge in [-0.15, -0.1) is 0 Å². The summed E-state index contributed by atoms with van der Waals surface area (Å²) in [4.78, 5) is 0. The molecule has 0 aromatic carbocycles. The van der Waals surface area contributed by atoms with Gasteiger partial charge in [-0.2, -0.15) is 0 Å². The van der Waals surface area contributed by atoms with E-state index in [0.29, 0.717) is 0 Å². The molecular formula is C36H74. The molecule has 0 heteroatoms. The predicted molar refractivity (Wildman–Crippen MR) is 168 cm³/mol. The quantitative estimate of drug-likeness (QED) is 0.0849. The van der Waals surface area contributed by atoms with Gasteiger partial charge in [0.1, 0.15) is 0 Å². The van der Waals surface area contributed by atoms with Crippen LogP contribution in [0.1, 0.15) is 214 Å². The third-order valence-corrected chi connectivity index (χ3v) is 8.89. The number of rotatable bonds is 30.